The minimum atomic E-state index is -4.62. The first-order chi connectivity index (χ1) is 19.4. The molecule has 5 rings (SSSR count). The quantitative estimate of drug-likeness (QED) is 0.372. The van der Waals surface area contributed by atoms with Gasteiger partial charge in [0.15, 0.2) is 0 Å². The Hall–Kier alpha value is -4.63. The van der Waals surface area contributed by atoms with E-state index >= 15 is 0 Å². The van der Waals surface area contributed by atoms with E-state index in [4.69, 9.17) is 0 Å². The standard InChI is InChI=1S/C29H28F3N7O2/c1-36-26(24-11-14-34-37(24)22-9-7-19(18-33)8-10-22)25(27(40)35-21-12-15-39(2,3)16-13-21)28(41)38(36)23-6-4-5-20(17-23)29(30,31)32/h4-11,14,17,21H,12-13,15-16H2,1-3H3/p+1. The summed E-state index contributed by atoms with van der Waals surface area (Å²) in [6.07, 6.45) is -1.66. The molecule has 1 fully saturated rings. The molecule has 212 valence electrons. The average molecular weight is 565 g/mol. The summed E-state index contributed by atoms with van der Waals surface area (Å²) in [5.41, 5.74) is -0.305. The highest BCUT2D eigenvalue weighted by Crippen LogP contribution is 2.31. The van der Waals surface area contributed by atoms with Gasteiger partial charge in [0, 0.05) is 25.9 Å². The number of aromatic nitrogens is 4. The second-order valence-corrected chi connectivity index (χ2v) is 10.8. The molecule has 0 bridgehead atoms. The van der Waals surface area contributed by atoms with Crippen LogP contribution in [0, 0.1) is 11.3 Å². The Balaban J connectivity index is 1.66. The van der Waals surface area contributed by atoms with E-state index in [2.05, 4.69) is 30.6 Å². The van der Waals surface area contributed by atoms with Crippen molar-refractivity contribution in [2.45, 2.75) is 25.1 Å². The highest BCUT2D eigenvalue weighted by molar-refractivity contribution is 6.00. The van der Waals surface area contributed by atoms with Gasteiger partial charge in [-0.15, -0.1) is 0 Å². The number of carbonyl (C=O) groups excluding carboxylic acids is 1. The smallest absolute Gasteiger partial charge is 0.349 e. The maximum absolute atomic E-state index is 13.9. The van der Waals surface area contributed by atoms with Crippen LogP contribution in [0.25, 0.3) is 22.8 Å². The number of likely N-dealkylation sites (tertiary alicyclic amines) is 1. The zero-order valence-corrected chi connectivity index (χ0v) is 22.8. The molecule has 1 N–H and O–H groups in total. The topological polar surface area (TPSA) is 97.6 Å². The minimum Gasteiger partial charge on any atom is -0.349 e. The highest BCUT2D eigenvalue weighted by Gasteiger charge is 2.34. The largest absolute Gasteiger partial charge is 0.416 e. The molecule has 4 aromatic rings. The number of hydrogen-bond donors (Lipinski definition) is 1. The van der Waals surface area contributed by atoms with E-state index in [1.54, 1.807) is 30.3 Å². The molecule has 1 amide bonds. The lowest BCUT2D eigenvalue weighted by atomic mass is 10.0. The van der Waals surface area contributed by atoms with Crippen molar-refractivity contribution >= 4 is 5.91 Å². The molecule has 12 heteroatoms. The van der Waals surface area contributed by atoms with E-state index in [1.165, 1.54) is 34.7 Å². The molecule has 41 heavy (non-hydrogen) atoms. The summed E-state index contributed by atoms with van der Waals surface area (Å²) in [4.78, 5) is 27.7. The van der Waals surface area contributed by atoms with E-state index in [0.29, 0.717) is 16.9 Å². The fourth-order valence-electron chi connectivity index (χ4n) is 5.24. The number of quaternary nitrogens is 1. The number of rotatable bonds is 5. The highest BCUT2D eigenvalue weighted by atomic mass is 19.4. The van der Waals surface area contributed by atoms with Gasteiger partial charge < -0.3 is 9.80 Å². The van der Waals surface area contributed by atoms with Gasteiger partial charge in [0.05, 0.1) is 67.6 Å². The van der Waals surface area contributed by atoms with Crippen molar-refractivity contribution in [1.29, 1.82) is 5.26 Å². The number of nitriles is 1. The van der Waals surface area contributed by atoms with Crippen LogP contribution < -0.4 is 10.9 Å². The molecule has 0 aliphatic carbocycles. The molecule has 0 unspecified atom stereocenters. The number of nitrogens with one attached hydrogen (secondary N) is 1. The van der Waals surface area contributed by atoms with Crippen molar-refractivity contribution < 1.29 is 22.4 Å². The summed E-state index contributed by atoms with van der Waals surface area (Å²) in [5, 5.41) is 16.5. The van der Waals surface area contributed by atoms with Gasteiger partial charge in [-0.1, -0.05) is 6.07 Å². The van der Waals surface area contributed by atoms with E-state index in [1.807, 2.05) is 0 Å². The first-order valence-electron chi connectivity index (χ1n) is 13.1. The summed E-state index contributed by atoms with van der Waals surface area (Å²) in [5.74, 6) is -0.601. The van der Waals surface area contributed by atoms with Crippen molar-refractivity contribution in [3.8, 4) is 28.8 Å². The molecule has 0 atom stereocenters. The molecule has 3 heterocycles. The van der Waals surface area contributed by atoms with Crippen molar-refractivity contribution in [2.75, 3.05) is 27.2 Å². The molecule has 9 nitrogen and oxygen atoms in total. The maximum atomic E-state index is 13.9. The fourth-order valence-corrected chi connectivity index (χ4v) is 5.24. The Labute approximate surface area is 234 Å². The second kappa shape index (κ2) is 10.4. The SMILES string of the molecule is Cn1c(-c2ccnn2-c2ccc(C#N)cc2)c(C(=O)NC2CC[N+](C)(C)CC2)c(=O)n1-c1cccc(C(F)(F)F)c1. The second-order valence-electron chi connectivity index (χ2n) is 10.8. The van der Waals surface area contributed by atoms with Crippen LogP contribution in [0.1, 0.15) is 34.3 Å². The molecule has 1 saturated heterocycles. The van der Waals surface area contributed by atoms with Gasteiger partial charge in [0.1, 0.15) is 11.3 Å². The Morgan fingerprint density at radius 1 is 1.07 bits per heavy atom. The van der Waals surface area contributed by atoms with Crippen molar-refractivity contribution in [3.63, 3.8) is 0 Å². The van der Waals surface area contributed by atoms with E-state index in [-0.39, 0.29) is 23.0 Å². The van der Waals surface area contributed by atoms with Crippen molar-refractivity contribution in [2.24, 2.45) is 7.05 Å². The number of benzene rings is 2. The molecule has 0 spiro atoms. The van der Waals surface area contributed by atoms with E-state index < -0.39 is 23.2 Å². The van der Waals surface area contributed by atoms with Gasteiger partial charge in [-0.3, -0.25) is 14.3 Å². The average Bonchev–Trinajstić information content (AvgIpc) is 3.51. The lowest BCUT2D eigenvalue weighted by Gasteiger charge is -2.37. The summed E-state index contributed by atoms with van der Waals surface area (Å²) >= 11 is 0. The molecule has 0 radical (unpaired) electrons. The van der Waals surface area contributed by atoms with Crippen LogP contribution in [0.4, 0.5) is 13.2 Å². The summed E-state index contributed by atoms with van der Waals surface area (Å²) < 4.78 is 45.4. The van der Waals surface area contributed by atoms with Gasteiger partial charge in [0.25, 0.3) is 11.5 Å². The van der Waals surface area contributed by atoms with Crippen molar-refractivity contribution in [3.05, 3.63) is 87.8 Å². The first kappa shape index (κ1) is 27.9. The summed E-state index contributed by atoms with van der Waals surface area (Å²) in [6, 6.07) is 14.5. The predicted octanol–water partition coefficient (Wildman–Crippen LogP) is 3.89. The molecule has 2 aromatic carbocycles. The van der Waals surface area contributed by atoms with Gasteiger partial charge >= 0.3 is 6.18 Å². The maximum Gasteiger partial charge on any atom is 0.416 e. The Morgan fingerprint density at radius 3 is 2.39 bits per heavy atom. The number of nitrogens with zero attached hydrogens (tertiary/aromatic N) is 6. The lowest BCUT2D eigenvalue weighted by Crippen LogP contribution is -2.52. The molecule has 1 aliphatic rings. The molecule has 0 saturated carbocycles. The van der Waals surface area contributed by atoms with Gasteiger partial charge in [0.2, 0.25) is 0 Å². The van der Waals surface area contributed by atoms with Crippen LogP contribution >= 0.6 is 0 Å². The Morgan fingerprint density at radius 2 is 1.76 bits per heavy atom. The van der Waals surface area contributed by atoms with Crippen LogP contribution in [-0.2, 0) is 13.2 Å². The lowest BCUT2D eigenvalue weighted by molar-refractivity contribution is -0.895. The van der Waals surface area contributed by atoms with Crippen molar-refractivity contribution in [1.82, 2.24) is 24.5 Å². The summed E-state index contributed by atoms with van der Waals surface area (Å²) in [7, 11) is 5.75. The van der Waals surface area contributed by atoms with Gasteiger partial charge in [-0.05, 0) is 48.5 Å². The fraction of sp³-hybridized carbons (Fsp3) is 0.310. The third kappa shape index (κ3) is 5.40. The van der Waals surface area contributed by atoms with E-state index in [9.17, 15) is 28.0 Å². The Kier molecular flexibility index (Phi) is 7.08. The molecular weight excluding hydrogens is 535 g/mol. The van der Waals surface area contributed by atoms with Crippen LogP contribution in [0.3, 0.4) is 0 Å². The Bertz CT molecular complexity index is 1700. The third-order valence-corrected chi connectivity index (χ3v) is 7.54. The number of amides is 1. The van der Waals surface area contributed by atoms with Gasteiger partial charge in [-0.2, -0.15) is 23.5 Å². The number of piperidine rings is 1. The van der Waals surface area contributed by atoms with E-state index in [0.717, 1.165) is 47.2 Å². The van der Waals surface area contributed by atoms with Gasteiger partial charge in [-0.25, -0.2) is 9.36 Å². The number of carbonyl (C=O) groups is 1. The number of halogens is 3. The monoisotopic (exact) mass is 564 g/mol. The number of hydrogen-bond acceptors (Lipinski definition) is 4. The minimum absolute atomic E-state index is 0.0335. The van der Waals surface area contributed by atoms with Crippen LogP contribution in [0.5, 0.6) is 0 Å². The molecule has 2 aromatic heterocycles. The van der Waals surface area contributed by atoms with Crippen LogP contribution in [-0.4, -0.2) is 62.8 Å². The predicted molar refractivity (Wildman–Crippen MR) is 146 cm³/mol. The normalized spacial score (nSPS) is 15.4. The zero-order valence-electron chi connectivity index (χ0n) is 22.8. The first-order valence-corrected chi connectivity index (χ1v) is 13.1. The van der Waals surface area contributed by atoms with Crippen LogP contribution in [0.2, 0.25) is 0 Å². The zero-order chi connectivity index (χ0) is 29.5. The summed E-state index contributed by atoms with van der Waals surface area (Å²) in [6.45, 7) is 1.71. The molecule has 1 aliphatic heterocycles. The van der Waals surface area contributed by atoms with Crippen LogP contribution in [0.15, 0.2) is 65.6 Å². The third-order valence-electron chi connectivity index (χ3n) is 7.54. The molecular formula is C29H29F3N7O2+. The number of alkyl halides is 3.